The largest absolute Gasteiger partial charge is 0.481 e. The molecule has 16 heavy (non-hydrogen) atoms. The maximum Gasteiger partial charge on any atom is 0.303 e. The molecule has 1 fully saturated rings. The molecule has 0 saturated heterocycles. The molecule has 0 atom stereocenters. The summed E-state index contributed by atoms with van der Waals surface area (Å²) in [6.07, 6.45) is 10.6. The molecule has 96 valence electrons. The number of halogens is 1. The number of hydrogen-bond donors (Lipinski definition) is 1. The highest BCUT2D eigenvalue weighted by molar-refractivity contribution is 5.85. The summed E-state index contributed by atoms with van der Waals surface area (Å²) in [5.41, 5.74) is 0. The highest BCUT2D eigenvalue weighted by Gasteiger charge is 2.22. The van der Waals surface area contributed by atoms with Gasteiger partial charge in [0.15, 0.2) is 0 Å². The van der Waals surface area contributed by atoms with E-state index in [0.29, 0.717) is 12.3 Å². The van der Waals surface area contributed by atoms with Crippen LogP contribution in [0, 0.1) is 11.8 Å². The Morgan fingerprint density at radius 2 is 1.69 bits per heavy atom. The predicted molar refractivity (Wildman–Crippen MR) is 69.1 cm³/mol. The first-order valence-corrected chi connectivity index (χ1v) is 6.44. The van der Waals surface area contributed by atoms with Gasteiger partial charge in [-0.2, -0.15) is 0 Å². The smallest absolute Gasteiger partial charge is 0.303 e. The lowest BCUT2D eigenvalue weighted by Gasteiger charge is -2.27. The van der Waals surface area contributed by atoms with Crippen LogP contribution >= 0.6 is 12.4 Å². The SMILES string of the molecule is CCCCC[C@H]1CC[C@H](CC(=O)O)CC1.Cl. The van der Waals surface area contributed by atoms with Crippen LogP contribution in [0.15, 0.2) is 0 Å². The van der Waals surface area contributed by atoms with Gasteiger partial charge in [-0.3, -0.25) is 4.79 Å². The summed E-state index contributed by atoms with van der Waals surface area (Å²) in [5, 5.41) is 8.70. The summed E-state index contributed by atoms with van der Waals surface area (Å²) in [6.45, 7) is 2.24. The highest BCUT2D eigenvalue weighted by atomic mass is 35.5. The van der Waals surface area contributed by atoms with Crippen LogP contribution in [0.3, 0.4) is 0 Å². The van der Waals surface area contributed by atoms with E-state index in [1.165, 1.54) is 38.5 Å². The molecule has 1 aliphatic rings. The second-order valence-corrected chi connectivity index (χ2v) is 4.98. The summed E-state index contributed by atoms with van der Waals surface area (Å²) < 4.78 is 0. The van der Waals surface area contributed by atoms with Crippen molar-refractivity contribution in [1.82, 2.24) is 0 Å². The molecule has 0 unspecified atom stereocenters. The Bertz CT molecular complexity index is 186. The zero-order valence-electron chi connectivity index (χ0n) is 10.3. The first-order chi connectivity index (χ1) is 7.22. The molecule has 3 heteroatoms. The van der Waals surface area contributed by atoms with Crippen molar-refractivity contribution in [2.24, 2.45) is 11.8 Å². The molecule has 0 heterocycles. The van der Waals surface area contributed by atoms with Gasteiger partial charge in [0.25, 0.3) is 0 Å². The third-order valence-corrected chi connectivity index (χ3v) is 3.65. The molecule has 1 saturated carbocycles. The Labute approximate surface area is 105 Å². The molecule has 0 spiro atoms. The van der Waals surface area contributed by atoms with Crippen LogP contribution in [0.5, 0.6) is 0 Å². The second-order valence-electron chi connectivity index (χ2n) is 4.98. The molecule has 2 nitrogen and oxygen atoms in total. The Hall–Kier alpha value is -0.240. The Morgan fingerprint density at radius 1 is 1.12 bits per heavy atom. The van der Waals surface area contributed by atoms with Crippen molar-refractivity contribution >= 4 is 18.4 Å². The Morgan fingerprint density at radius 3 is 2.19 bits per heavy atom. The fraction of sp³-hybridized carbons (Fsp3) is 0.923. The van der Waals surface area contributed by atoms with Crippen molar-refractivity contribution in [2.75, 3.05) is 0 Å². The molecule has 0 aromatic rings. The zero-order chi connectivity index (χ0) is 11.1. The van der Waals surface area contributed by atoms with Gasteiger partial charge in [0, 0.05) is 6.42 Å². The lowest BCUT2D eigenvalue weighted by molar-refractivity contribution is -0.138. The minimum absolute atomic E-state index is 0. The third-order valence-electron chi connectivity index (χ3n) is 3.65. The fourth-order valence-corrected chi connectivity index (χ4v) is 2.65. The van der Waals surface area contributed by atoms with Crippen molar-refractivity contribution in [3.05, 3.63) is 0 Å². The maximum atomic E-state index is 10.6. The summed E-state index contributed by atoms with van der Waals surface area (Å²) in [5.74, 6) is 0.732. The van der Waals surface area contributed by atoms with Gasteiger partial charge in [0.2, 0.25) is 0 Å². The van der Waals surface area contributed by atoms with Crippen LogP contribution in [0.25, 0.3) is 0 Å². The quantitative estimate of drug-likeness (QED) is 0.713. The molecule has 0 amide bonds. The number of carbonyl (C=O) groups is 1. The molecule has 0 aromatic carbocycles. The van der Waals surface area contributed by atoms with Crippen molar-refractivity contribution < 1.29 is 9.90 Å². The minimum atomic E-state index is -0.621. The molecule has 0 aliphatic heterocycles. The van der Waals surface area contributed by atoms with Gasteiger partial charge in [-0.25, -0.2) is 0 Å². The number of aliphatic carboxylic acids is 1. The second kappa shape index (κ2) is 8.86. The van der Waals surface area contributed by atoms with Crippen LogP contribution in [0.2, 0.25) is 0 Å². The number of carboxylic acids is 1. The summed E-state index contributed by atoms with van der Waals surface area (Å²) >= 11 is 0. The van der Waals surface area contributed by atoms with E-state index in [0.717, 1.165) is 18.8 Å². The highest BCUT2D eigenvalue weighted by Crippen LogP contribution is 2.33. The molecular formula is C13H25ClO2. The van der Waals surface area contributed by atoms with E-state index in [2.05, 4.69) is 6.92 Å². The first kappa shape index (κ1) is 15.8. The van der Waals surface area contributed by atoms with Gasteiger partial charge >= 0.3 is 5.97 Å². The van der Waals surface area contributed by atoms with Gasteiger partial charge in [-0.1, -0.05) is 45.4 Å². The summed E-state index contributed by atoms with van der Waals surface area (Å²) in [7, 11) is 0. The Balaban J connectivity index is 0.00000225. The molecule has 0 bridgehead atoms. The van der Waals surface area contributed by atoms with E-state index in [1.807, 2.05) is 0 Å². The van der Waals surface area contributed by atoms with Crippen LogP contribution < -0.4 is 0 Å². The van der Waals surface area contributed by atoms with E-state index >= 15 is 0 Å². The van der Waals surface area contributed by atoms with E-state index in [4.69, 9.17) is 5.11 Å². The normalized spacial score (nSPS) is 24.8. The van der Waals surface area contributed by atoms with Gasteiger partial charge in [-0.15, -0.1) is 12.4 Å². The van der Waals surface area contributed by atoms with Crippen LogP contribution in [0.1, 0.15) is 64.7 Å². The van der Waals surface area contributed by atoms with E-state index in [9.17, 15) is 4.79 Å². The van der Waals surface area contributed by atoms with Gasteiger partial charge in [0.05, 0.1) is 0 Å². The van der Waals surface area contributed by atoms with Crippen molar-refractivity contribution in [2.45, 2.75) is 64.7 Å². The van der Waals surface area contributed by atoms with Gasteiger partial charge in [-0.05, 0) is 24.7 Å². The van der Waals surface area contributed by atoms with Crippen LogP contribution in [-0.4, -0.2) is 11.1 Å². The van der Waals surface area contributed by atoms with E-state index in [1.54, 1.807) is 0 Å². The van der Waals surface area contributed by atoms with Gasteiger partial charge < -0.3 is 5.11 Å². The minimum Gasteiger partial charge on any atom is -0.481 e. The van der Waals surface area contributed by atoms with Crippen molar-refractivity contribution in [3.8, 4) is 0 Å². The number of rotatable bonds is 6. The molecule has 1 rings (SSSR count). The van der Waals surface area contributed by atoms with Crippen LogP contribution in [-0.2, 0) is 4.79 Å². The standard InChI is InChI=1S/C13H24O2.ClH/c1-2-3-4-5-11-6-8-12(9-7-11)10-13(14)15;/h11-12H,2-10H2,1H3,(H,14,15);1H/t11-,12-;. The Kier molecular flexibility index (Phi) is 8.73. The lowest BCUT2D eigenvalue weighted by atomic mass is 9.78. The molecular weight excluding hydrogens is 224 g/mol. The van der Waals surface area contributed by atoms with Crippen molar-refractivity contribution in [3.63, 3.8) is 0 Å². The zero-order valence-corrected chi connectivity index (χ0v) is 11.1. The molecule has 1 N–H and O–H groups in total. The average molecular weight is 249 g/mol. The van der Waals surface area contributed by atoms with E-state index in [-0.39, 0.29) is 12.4 Å². The van der Waals surface area contributed by atoms with E-state index < -0.39 is 5.97 Å². The topological polar surface area (TPSA) is 37.3 Å². The number of hydrogen-bond acceptors (Lipinski definition) is 1. The third kappa shape index (κ3) is 6.37. The van der Waals surface area contributed by atoms with Gasteiger partial charge in [0.1, 0.15) is 0 Å². The number of carboxylic acid groups (broad SMARTS) is 1. The summed E-state index contributed by atoms with van der Waals surface area (Å²) in [4.78, 5) is 10.6. The number of unbranched alkanes of at least 4 members (excludes halogenated alkanes) is 2. The monoisotopic (exact) mass is 248 g/mol. The molecule has 1 aliphatic carbocycles. The predicted octanol–water partition coefficient (Wildman–Crippen LogP) is 4.27. The first-order valence-electron chi connectivity index (χ1n) is 6.44. The maximum absolute atomic E-state index is 10.6. The fourth-order valence-electron chi connectivity index (χ4n) is 2.65. The van der Waals surface area contributed by atoms with Crippen LogP contribution in [0.4, 0.5) is 0 Å². The summed E-state index contributed by atoms with van der Waals surface area (Å²) in [6, 6.07) is 0. The lowest BCUT2D eigenvalue weighted by Crippen LogP contribution is -2.17. The van der Waals surface area contributed by atoms with Crippen molar-refractivity contribution in [1.29, 1.82) is 0 Å². The average Bonchev–Trinajstić information content (AvgIpc) is 2.20. The molecule has 0 aromatic heterocycles. The molecule has 0 radical (unpaired) electrons.